The monoisotopic (exact) mass is 279 g/mol. The summed E-state index contributed by atoms with van der Waals surface area (Å²) in [6.07, 6.45) is 1.05. The number of carboxylic acids is 1. The topological polar surface area (TPSA) is 79.5 Å². The van der Waals surface area contributed by atoms with Crippen molar-refractivity contribution in [3.8, 4) is 0 Å². The number of hydrogen-bond acceptors (Lipinski definition) is 4. The molecular weight excluding hydrogens is 266 g/mol. The molecule has 0 aliphatic rings. The van der Waals surface area contributed by atoms with Crippen LogP contribution >= 0.6 is 11.3 Å². The minimum atomic E-state index is -1.12. The van der Waals surface area contributed by atoms with Crippen molar-refractivity contribution in [2.75, 3.05) is 0 Å². The largest absolute Gasteiger partial charge is 0.478 e. The van der Waals surface area contributed by atoms with Crippen molar-refractivity contribution in [2.45, 2.75) is 20.4 Å². The third-order valence-corrected chi connectivity index (χ3v) is 3.86. The first kappa shape index (κ1) is 13.4. The van der Waals surface area contributed by atoms with Crippen LogP contribution in [0.25, 0.3) is 0 Å². The molecule has 6 heteroatoms. The summed E-state index contributed by atoms with van der Waals surface area (Å²) >= 11 is 1.62. The maximum atomic E-state index is 11.8. The summed E-state index contributed by atoms with van der Waals surface area (Å²) in [6.45, 7) is 4.45. The van der Waals surface area contributed by atoms with Gasteiger partial charge in [-0.3, -0.25) is 4.79 Å². The molecule has 0 spiro atoms. The van der Waals surface area contributed by atoms with Gasteiger partial charge in [0.2, 0.25) is 0 Å². The number of aryl methyl sites for hydroxylation is 2. The highest BCUT2D eigenvalue weighted by Crippen LogP contribution is 2.20. The Kier molecular flexibility index (Phi) is 3.71. The van der Waals surface area contributed by atoms with Crippen molar-refractivity contribution < 1.29 is 19.1 Å². The SMILES string of the molecule is Cc1cc(CNC(=O)c2cc(C(=O)O)co2)sc1C. The normalized spacial score (nSPS) is 10.4. The fourth-order valence-electron chi connectivity index (χ4n) is 1.56. The van der Waals surface area contributed by atoms with Crippen molar-refractivity contribution >= 4 is 23.2 Å². The van der Waals surface area contributed by atoms with Crippen LogP contribution in [0.3, 0.4) is 0 Å². The van der Waals surface area contributed by atoms with Crippen LogP contribution < -0.4 is 5.32 Å². The van der Waals surface area contributed by atoms with Gasteiger partial charge in [-0.15, -0.1) is 11.3 Å². The molecule has 0 atom stereocenters. The Morgan fingerprint density at radius 1 is 1.37 bits per heavy atom. The third kappa shape index (κ3) is 3.03. The summed E-state index contributed by atoms with van der Waals surface area (Å²) in [7, 11) is 0. The highest BCUT2D eigenvalue weighted by Gasteiger charge is 2.14. The number of carboxylic acid groups (broad SMARTS) is 1. The lowest BCUT2D eigenvalue weighted by atomic mass is 10.3. The molecule has 0 aliphatic heterocycles. The second kappa shape index (κ2) is 5.27. The molecule has 0 aromatic carbocycles. The van der Waals surface area contributed by atoms with Crippen LogP contribution in [-0.4, -0.2) is 17.0 Å². The summed E-state index contributed by atoms with van der Waals surface area (Å²) in [6, 6.07) is 3.23. The van der Waals surface area contributed by atoms with Gasteiger partial charge in [-0.05, 0) is 25.5 Å². The summed E-state index contributed by atoms with van der Waals surface area (Å²) in [5.74, 6) is -1.54. The van der Waals surface area contributed by atoms with Gasteiger partial charge in [0.05, 0.1) is 12.1 Å². The Morgan fingerprint density at radius 2 is 2.11 bits per heavy atom. The number of carbonyl (C=O) groups excluding carboxylic acids is 1. The second-order valence-electron chi connectivity index (χ2n) is 4.14. The Bertz CT molecular complexity index is 607. The molecule has 0 saturated carbocycles. The van der Waals surface area contributed by atoms with E-state index in [1.54, 1.807) is 11.3 Å². The number of thiophene rings is 1. The fraction of sp³-hybridized carbons (Fsp3) is 0.231. The minimum absolute atomic E-state index is 0.00222. The molecule has 2 N–H and O–H groups in total. The lowest BCUT2D eigenvalue weighted by Gasteiger charge is -1.99. The molecule has 2 aromatic rings. The van der Waals surface area contributed by atoms with E-state index in [4.69, 9.17) is 9.52 Å². The zero-order valence-corrected chi connectivity index (χ0v) is 11.3. The number of hydrogen-bond donors (Lipinski definition) is 2. The molecular formula is C13H13NO4S. The molecule has 0 unspecified atom stereocenters. The van der Waals surface area contributed by atoms with E-state index in [2.05, 4.69) is 5.32 Å². The van der Waals surface area contributed by atoms with E-state index < -0.39 is 11.9 Å². The van der Waals surface area contributed by atoms with Crippen LogP contribution in [-0.2, 0) is 6.54 Å². The average molecular weight is 279 g/mol. The lowest BCUT2D eigenvalue weighted by Crippen LogP contribution is -2.21. The van der Waals surface area contributed by atoms with Gasteiger partial charge >= 0.3 is 5.97 Å². The third-order valence-electron chi connectivity index (χ3n) is 2.71. The van der Waals surface area contributed by atoms with Gasteiger partial charge in [0.15, 0.2) is 5.76 Å². The van der Waals surface area contributed by atoms with Crippen LogP contribution in [0, 0.1) is 13.8 Å². The van der Waals surface area contributed by atoms with Crippen molar-refractivity contribution in [3.63, 3.8) is 0 Å². The minimum Gasteiger partial charge on any atom is -0.478 e. The van der Waals surface area contributed by atoms with E-state index in [-0.39, 0.29) is 11.3 Å². The number of carbonyl (C=O) groups is 2. The van der Waals surface area contributed by atoms with E-state index in [1.807, 2.05) is 19.9 Å². The summed E-state index contributed by atoms with van der Waals surface area (Å²) in [4.78, 5) is 24.7. The molecule has 2 heterocycles. The van der Waals surface area contributed by atoms with Crippen LogP contribution in [0.2, 0.25) is 0 Å². The molecule has 2 aromatic heterocycles. The zero-order chi connectivity index (χ0) is 14.0. The van der Waals surface area contributed by atoms with E-state index >= 15 is 0 Å². The summed E-state index contributed by atoms with van der Waals surface area (Å²) < 4.78 is 4.92. The number of aromatic carboxylic acids is 1. The number of amides is 1. The Balaban J connectivity index is 1.99. The van der Waals surface area contributed by atoms with Crippen molar-refractivity contribution in [3.05, 3.63) is 45.0 Å². The van der Waals surface area contributed by atoms with Crippen molar-refractivity contribution in [1.29, 1.82) is 0 Å². The molecule has 19 heavy (non-hydrogen) atoms. The summed E-state index contributed by atoms with van der Waals surface area (Å²) in [5, 5.41) is 11.4. The van der Waals surface area contributed by atoms with Crippen LogP contribution in [0.4, 0.5) is 0 Å². The highest BCUT2D eigenvalue weighted by atomic mass is 32.1. The van der Waals surface area contributed by atoms with Crippen molar-refractivity contribution in [2.24, 2.45) is 0 Å². The van der Waals surface area contributed by atoms with Crippen LogP contribution in [0.5, 0.6) is 0 Å². The van der Waals surface area contributed by atoms with Gasteiger partial charge in [0.1, 0.15) is 6.26 Å². The highest BCUT2D eigenvalue weighted by molar-refractivity contribution is 7.12. The quantitative estimate of drug-likeness (QED) is 0.901. The zero-order valence-electron chi connectivity index (χ0n) is 10.5. The molecule has 100 valence electrons. The van der Waals surface area contributed by atoms with Gasteiger partial charge in [0.25, 0.3) is 5.91 Å². The maximum absolute atomic E-state index is 11.8. The Hall–Kier alpha value is -2.08. The maximum Gasteiger partial charge on any atom is 0.338 e. The first-order valence-corrected chi connectivity index (χ1v) is 6.45. The lowest BCUT2D eigenvalue weighted by molar-refractivity contribution is 0.0696. The smallest absolute Gasteiger partial charge is 0.338 e. The predicted molar refractivity (Wildman–Crippen MR) is 70.6 cm³/mol. The number of furan rings is 1. The first-order valence-electron chi connectivity index (χ1n) is 5.63. The molecule has 0 fully saturated rings. The van der Waals surface area contributed by atoms with Crippen molar-refractivity contribution in [1.82, 2.24) is 5.32 Å². The van der Waals surface area contributed by atoms with Gasteiger partial charge in [-0.2, -0.15) is 0 Å². The standard InChI is InChI=1S/C13H13NO4S/c1-7-3-10(19-8(7)2)5-14-12(15)11-4-9(6-18-11)13(16)17/h3-4,6H,5H2,1-2H3,(H,14,15)(H,16,17). The molecule has 0 bridgehead atoms. The molecule has 0 aliphatic carbocycles. The molecule has 0 saturated heterocycles. The number of nitrogens with one attached hydrogen (secondary N) is 1. The van der Waals surface area contributed by atoms with Crippen LogP contribution in [0.15, 0.2) is 22.8 Å². The van der Waals surface area contributed by atoms with E-state index in [0.29, 0.717) is 6.54 Å². The summed E-state index contributed by atoms with van der Waals surface area (Å²) in [5.41, 5.74) is 1.16. The van der Waals surface area contributed by atoms with E-state index in [9.17, 15) is 9.59 Å². The first-order chi connectivity index (χ1) is 8.97. The molecule has 0 radical (unpaired) electrons. The van der Waals surface area contributed by atoms with Gasteiger partial charge in [-0.1, -0.05) is 0 Å². The molecule has 2 rings (SSSR count). The Labute approximate surface area is 113 Å². The van der Waals surface area contributed by atoms with Crippen LogP contribution in [0.1, 0.15) is 36.2 Å². The fourth-order valence-corrected chi connectivity index (χ4v) is 2.55. The Morgan fingerprint density at radius 3 is 2.63 bits per heavy atom. The molecule has 1 amide bonds. The van der Waals surface area contributed by atoms with Gasteiger partial charge in [0, 0.05) is 15.8 Å². The van der Waals surface area contributed by atoms with E-state index in [1.165, 1.54) is 16.5 Å². The second-order valence-corrected chi connectivity index (χ2v) is 5.48. The van der Waals surface area contributed by atoms with Gasteiger partial charge < -0.3 is 14.8 Å². The molecule has 5 nitrogen and oxygen atoms in total. The average Bonchev–Trinajstić information content (AvgIpc) is 2.95. The van der Waals surface area contributed by atoms with E-state index in [0.717, 1.165) is 11.1 Å². The van der Waals surface area contributed by atoms with Gasteiger partial charge in [-0.25, -0.2) is 4.79 Å². The predicted octanol–water partition coefficient (Wildman–Crippen LogP) is 2.59. The number of rotatable bonds is 4.